The highest BCUT2D eigenvalue weighted by Crippen LogP contribution is 2.24. The lowest BCUT2D eigenvalue weighted by Gasteiger charge is -2.09. The lowest BCUT2D eigenvalue weighted by atomic mass is 10.2. The quantitative estimate of drug-likeness (QED) is 0.715. The molecular weight excluding hydrogens is 350 g/mol. The van der Waals surface area contributed by atoms with Crippen molar-refractivity contribution in [3.63, 3.8) is 0 Å². The van der Waals surface area contributed by atoms with Crippen molar-refractivity contribution in [3.05, 3.63) is 76.2 Å². The summed E-state index contributed by atoms with van der Waals surface area (Å²) in [4.78, 5) is 4.06. The predicted molar refractivity (Wildman–Crippen MR) is 90.0 cm³/mol. The summed E-state index contributed by atoms with van der Waals surface area (Å²) >= 11 is 9.44. The molecule has 0 atom stereocenters. The molecule has 2 aromatic carbocycles. The molecular formula is C16H13BrClN3. The van der Waals surface area contributed by atoms with Crippen LogP contribution in [0.2, 0.25) is 5.02 Å². The van der Waals surface area contributed by atoms with Crippen molar-refractivity contribution in [1.82, 2.24) is 9.55 Å². The largest absolute Gasteiger partial charge is 0.381 e. The van der Waals surface area contributed by atoms with E-state index in [4.69, 9.17) is 11.6 Å². The molecule has 0 saturated carbocycles. The van der Waals surface area contributed by atoms with Gasteiger partial charge in [-0.05, 0) is 51.8 Å². The third kappa shape index (κ3) is 3.46. The monoisotopic (exact) mass is 361 g/mol. The summed E-state index contributed by atoms with van der Waals surface area (Å²) in [7, 11) is 0. The van der Waals surface area contributed by atoms with Crippen LogP contribution in [-0.2, 0) is 6.54 Å². The van der Waals surface area contributed by atoms with Gasteiger partial charge in [-0.2, -0.15) is 0 Å². The second-order valence-corrected chi connectivity index (χ2v) is 5.88. The van der Waals surface area contributed by atoms with Crippen LogP contribution < -0.4 is 5.32 Å². The molecule has 21 heavy (non-hydrogen) atoms. The zero-order chi connectivity index (χ0) is 14.7. The van der Waals surface area contributed by atoms with Crippen molar-refractivity contribution >= 4 is 33.2 Å². The fourth-order valence-electron chi connectivity index (χ4n) is 2.04. The molecule has 0 aliphatic heterocycles. The summed E-state index contributed by atoms with van der Waals surface area (Å²) < 4.78 is 2.89. The number of imidazole rings is 1. The molecule has 3 aromatic rings. The maximum atomic E-state index is 6.00. The van der Waals surface area contributed by atoms with E-state index in [0.29, 0.717) is 0 Å². The number of hydrogen-bond acceptors (Lipinski definition) is 2. The summed E-state index contributed by atoms with van der Waals surface area (Å²) in [6.45, 7) is 0.739. The van der Waals surface area contributed by atoms with Crippen molar-refractivity contribution in [1.29, 1.82) is 0 Å². The Morgan fingerprint density at radius 2 is 2.10 bits per heavy atom. The second kappa shape index (κ2) is 6.33. The molecule has 106 valence electrons. The van der Waals surface area contributed by atoms with E-state index in [0.717, 1.165) is 27.4 Å². The Hall–Kier alpha value is -1.78. The summed E-state index contributed by atoms with van der Waals surface area (Å²) in [5, 5.41) is 4.14. The number of benzene rings is 2. The van der Waals surface area contributed by atoms with Gasteiger partial charge in [0.15, 0.2) is 0 Å². The lowest BCUT2D eigenvalue weighted by molar-refractivity contribution is 1.05. The Bertz CT molecular complexity index is 741. The first-order valence-corrected chi connectivity index (χ1v) is 7.66. The van der Waals surface area contributed by atoms with Crippen molar-refractivity contribution in [2.75, 3.05) is 5.32 Å². The van der Waals surface area contributed by atoms with Gasteiger partial charge in [0.1, 0.15) is 0 Å². The summed E-state index contributed by atoms with van der Waals surface area (Å²) in [5.41, 5.74) is 3.31. The van der Waals surface area contributed by atoms with Gasteiger partial charge in [-0.1, -0.05) is 23.7 Å². The van der Waals surface area contributed by atoms with Gasteiger partial charge < -0.3 is 9.88 Å². The van der Waals surface area contributed by atoms with Crippen LogP contribution in [0.3, 0.4) is 0 Å². The molecule has 0 fully saturated rings. The first-order chi connectivity index (χ1) is 10.2. The average Bonchev–Trinajstić information content (AvgIpc) is 3.03. The Kier molecular flexibility index (Phi) is 4.27. The maximum Gasteiger partial charge on any atom is 0.0991 e. The van der Waals surface area contributed by atoms with Crippen molar-refractivity contribution < 1.29 is 0 Å². The summed E-state index contributed by atoms with van der Waals surface area (Å²) in [6, 6.07) is 14.1. The van der Waals surface area contributed by atoms with Gasteiger partial charge >= 0.3 is 0 Å². The van der Waals surface area contributed by atoms with Crippen molar-refractivity contribution in [2.24, 2.45) is 0 Å². The Morgan fingerprint density at radius 1 is 1.19 bits per heavy atom. The van der Waals surface area contributed by atoms with Gasteiger partial charge in [-0.25, -0.2) is 4.98 Å². The molecule has 0 amide bonds. The third-order valence-electron chi connectivity index (χ3n) is 3.13. The SMILES string of the molecule is Clc1ccc(CNc2cccc(-n3ccnc3)c2)cc1Br. The molecule has 1 N–H and O–H groups in total. The molecule has 0 unspecified atom stereocenters. The lowest BCUT2D eigenvalue weighted by Crippen LogP contribution is -2.00. The van der Waals surface area contributed by atoms with Crippen LogP contribution in [0.1, 0.15) is 5.56 Å². The van der Waals surface area contributed by atoms with E-state index in [9.17, 15) is 0 Å². The van der Waals surface area contributed by atoms with Gasteiger partial charge in [0, 0.05) is 34.8 Å². The summed E-state index contributed by atoms with van der Waals surface area (Å²) in [6.07, 6.45) is 5.48. The van der Waals surface area contributed by atoms with Gasteiger partial charge in [-0.15, -0.1) is 0 Å². The molecule has 1 aromatic heterocycles. The zero-order valence-corrected chi connectivity index (χ0v) is 13.5. The Morgan fingerprint density at radius 3 is 2.86 bits per heavy atom. The highest BCUT2D eigenvalue weighted by atomic mass is 79.9. The minimum atomic E-state index is 0.723. The number of rotatable bonds is 4. The van der Waals surface area contributed by atoms with E-state index >= 15 is 0 Å². The molecule has 0 bridgehead atoms. The van der Waals surface area contributed by atoms with Crippen LogP contribution >= 0.6 is 27.5 Å². The van der Waals surface area contributed by atoms with E-state index in [1.54, 1.807) is 12.5 Å². The van der Waals surface area contributed by atoms with E-state index in [2.05, 4.69) is 32.3 Å². The molecule has 0 spiro atoms. The number of anilines is 1. The first kappa shape index (κ1) is 14.2. The van der Waals surface area contributed by atoms with E-state index in [1.807, 2.05) is 47.2 Å². The molecule has 3 nitrogen and oxygen atoms in total. The molecule has 0 radical (unpaired) electrons. The molecule has 0 aliphatic rings. The predicted octanol–water partition coefficient (Wildman–Crippen LogP) is 4.90. The van der Waals surface area contributed by atoms with E-state index in [-0.39, 0.29) is 0 Å². The van der Waals surface area contributed by atoms with Crippen LogP contribution in [0.4, 0.5) is 5.69 Å². The van der Waals surface area contributed by atoms with Gasteiger partial charge in [0.25, 0.3) is 0 Å². The van der Waals surface area contributed by atoms with Gasteiger partial charge in [-0.3, -0.25) is 0 Å². The Labute approximate surface area is 136 Å². The normalized spacial score (nSPS) is 10.6. The summed E-state index contributed by atoms with van der Waals surface area (Å²) in [5.74, 6) is 0. The van der Waals surface area contributed by atoms with Crippen LogP contribution in [0, 0.1) is 0 Å². The molecule has 5 heteroatoms. The van der Waals surface area contributed by atoms with E-state index in [1.165, 1.54) is 5.56 Å². The second-order valence-electron chi connectivity index (χ2n) is 4.62. The molecule has 0 aliphatic carbocycles. The number of aromatic nitrogens is 2. The van der Waals surface area contributed by atoms with Crippen LogP contribution in [0.5, 0.6) is 0 Å². The number of nitrogens with one attached hydrogen (secondary N) is 1. The van der Waals surface area contributed by atoms with Crippen molar-refractivity contribution in [2.45, 2.75) is 6.54 Å². The van der Waals surface area contributed by atoms with Crippen LogP contribution in [0.15, 0.2) is 65.7 Å². The van der Waals surface area contributed by atoms with Crippen molar-refractivity contribution in [3.8, 4) is 5.69 Å². The topological polar surface area (TPSA) is 29.9 Å². The standard InChI is InChI=1S/C16H13BrClN3/c17-15-8-12(4-5-16(15)18)10-20-13-2-1-3-14(9-13)21-7-6-19-11-21/h1-9,11,20H,10H2. The Balaban J connectivity index is 1.73. The highest BCUT2D eigenvalue weighted by molar-refractivity contribution is 9.10. The average molecular weight is 363 g/mol. The van der Waals surface area contributed by atoms with E-state index < -0.39 is 0 Å². The molecule has 0 saturated heterocycles. The van der Waals surface area contributed by atoms with Gasteiger partial charge in [0.05, 0.1) is 11.3 Å². The highest BCUT2D eigenvalue weighted by Gasteiger charge is 2.01. The molecule has 3 rings (SSSR count). The van der Waals surface area contributed by atoms with Crippen LogP contribution in [-0.4, -0.2) is 9.55 Å². The van der Waals surface area contributed by atoms with Crippen LogP contribution in [0.25, 0.3) is 5.69 Å². The number of hydrogen-bond donors (Lipinski definition) is 1. The first-order valence-electron chi connectivity index (χ1n) is 6.48. The minimum Gasteiger partial charge on any atom is -0.381 e. The fraction of sp³-hybridized carbons (Fsp3) is 0.0625. The molecule has 1 heterocycles. The number of halogens is 2. The van der Waals surface area contributed by atoms with Gasteiger partial charge in [0.2, 0.25) is 0 Å². The smallest absolute Gasteiger partial charge is 0.0991 e. The maximum absolute atomic E-state index is 6.00. The fourth-order valence-corrected chi connectivity index (χ4v) is 2.59. The number of nitrogens with zero attached hydrogens (tertiary/aromatic N) is 2. The minimum absolute atomic E-state index is 0.723. The third-order valence-corrected chi connectivity index (χ3v) is 4.34. The zero-order valence-electron chi connectivity index (χ0n) is 11.1.